The Kier molecular flexibility index (Phi) is 5.46. The zero-order valence-corrected chi connectivity index (χ0v) is 28.1. The quantitative estimate of drug-likeness (QED) is 0.173. The second-order valence-corrected chi connectivity index (χ2v) is 14.1. The third-order valence-corrected chi connectivity index (χ3v) is 11.7. The van der Waals surface area contributed by atoms with Crippen molar-refractivity contribution in [1.82, 2.24) is 4.98 Å². The minimum absolute atomic E-state index is 0.396. The largest absolute Gasteiger partial charge is 0.455 e. The Morgan fingerprint density at radius 1 is 0.365 bits per heavy atom. The van der Waals surface area contributed by atoms with Crippen molar-refractivity contribution in [3.8, 4) is 44.6 Å². The minimum Gasteiger partial charge on any atom is -0.455 e. The Hall–Kier alpha value is -6.77. The predicted octanol–water partition coefficient (Wildman–Crippen LogP) is 13.0. The van der Waals surface area contributed by atoms with Crippen LogP contribution in [0.5, 0.6) is 0 Å². The lowest BCUT2D eigenvalue weighted by molar-refractivity contribution is 0.674. The summed E-state index contributed by atoms with van der Waals surface area (Å²) >= 11 is 0. The Balaban J connectivity index is 1.14. The highest BCUT2D eigenvalue weighted by Gasteiger charge is 2.51. The van der Waals surface area contributed by atoms with E-state index in [1.54, 1.807) is 0 Å². The van der Waals surface area contributed by atoms with Crippen molar-refractivity contribution in [3.05, 3.63) is 198 Å². The van der Waals surface area contributed by atoms with E-state index in [0.29, 0.717) is 0 Å². The maximum Gasteiger partial charge on any atom is 0.144 e. The number of benzene rings is 8. The van der Waals surface area contributed by atoms with E-state index in [0.717, 1.165) is 66.0 Å². The molecule has 2 nitrogen and oxygen atoms in total. The van der Waals surface area contributed by atoms with Crippen LogP contribution in [0.2, 0.25) is 0 Å². The number of nitrogens with zero attached hydrogens (tertiary/aromatic N) is 1. The summed E-state index contributed by atoms with van der Waals surface area (Å²) in [6.45, 7) is 0. The van der Waals surface area contributed by atoms with Crippen molar-refractivity contribution in [3.63, 3.8) is 0 Å². The lowest BCUT2D eigenvalue weighted by Crippen LogP contribution is -2.25. The minimum atomic E-state index is -0.396. The Labute approximate surface area is 300 Å². The van der Waals surface area contributed by atoms with E-state index < -0.39 is 5.41 Å². The molecule has 0 saturated carbocycles. The second kappa shape index (κ2) is 10.2. The van der Waals surface area contributed by atoms with Crippen LogP contribution in [0.15, 0.2) is 180 Å². The summed E-state index contributed by atoms with van der Waals surface area (Å²) in [5, 5.41) is 5.52. The smallest absolute Gasteiger partial charge is 0.144 e. The van der Waals surface area contributed by atoms with Crippen LogP contribution in [0.25, 0.3) is 88.3 Å². The first-order valence-electron chi connectivity index (χ1n) is 18.0. The van der Waals surface area contributed by atoms with Gasteiger partial charge in [0.1, 0.15) is 11.2 Å². The molecule has 8 aromatic carbocycles. The van der Waals surface area contributed by atoms with E-state index in [4.69, 9.17) is 9.40 Å². The number of furan rings is 1. The molecule has 12 rings (SSSR count). The van der Waals surface area contributed by atoms with Gasteiger partial charge in [-0.25, -0.2) is 4.98 Å². The highest BCUT2D eigenvalue weighted by Crippen LogP contribution is 2.63. The van der Waals surface area contributed by atoms with Gasteiger partial charge in [-0.1, -0.05) is 158 Å². The summed E-state index contributed by atoms with van der Waals surface area (Å²) in [5.41, 5.74) is 17.3. The van der Waals surface area contributed by atoms with Crippen molar-refractivity contribution in [2.45, 2.75) is 5.41 Å². The molecule has 0 radical (unpaired) electrons. The normalized spacial score (nSPS) is 13.5. The van der Waals surface area contributed by atoms with Crippen LogP contribution >= 0.6 is 0 Å². The molecule has 0 amide bonds. The number of para-hydroxylation sites is 2. The number of pyridine rings is 1. The standard InChI is InChI=1S/C50H29NO/c1-2-13-30(14-3-1)47-40-28-27-38-37-20-12-19-32(48(37)52-49(38)46(40)39-18-7-11-24-45(39)51-47)31-25-26-36-35-17-6-10-23-43(35)50(44(36)29-31)41-21-8-4-15-33(41)34-16-5-9-22-42(34)50/h1-29H. The maximum atomic E-state index is 7.13. The van der Waals surface area contributed by atoms with Gasteiger partial charge < -0.3 is 4.42 Å². The molecule has 0 N–H and O–H groups in total. The van der Waals surface area contributed by atoms with Crippen molar-refractivity contribution in [2.75, 3.05) is 0 Å². The highest BCUT2D eigenvalue weighted by molar-refractivity contribution is 6.25. The van der Waals surface area contributed by atoms with E-state index in [1.807, 2.05) is 0 Å². The molecule has 0 aliphatic heterocycles. The van der Waals surface area contributed by atoms with E-state index in [9.17, 15) is 0 Å². The van der Waals surface area contributed by atoms with E-state index >= 15 is 0 Å². The number of hydrogen-bond donors (Lipinski definition) is 0. The van der Waals surface area contributed by atoms with E-state index in [2.05, 4.69) is 176 Å². The van der Waals surface area contributed by atoms with Gasteiger partial charge in [0, 0.05) is 38.1 Å². The first kappa shape index (κ1) is 28.0. The summed E-state index contributed by atoms with van der Waals surface area (Å²) in [6, 6.07) is 64.0. The van der Waals surface area contributed by atoms with E-state index in [-0.39, 0.29) is 0 Å². The van der Waals surface area contributed by atoms with Crippen molar-refractivity contribution < 1.29 is 4.42 Å². The molecule has 240 valence electrons. The first-order chi connectivity index (χ1) is 25.8. The van der Waals surface area contributed by atoms with Crippen molar-refractivity contribution in [1.29, 1.82) is 0 Å². The second-order valence-electron chi connectivity index (χ2n) is 14.1. The molecular weight excluding hydrogens is 631 g/mol. The fourth-order valence-electron chi connectivity index (χ4n) is 9.60. The third kappa shape index (κ3) is 3.46. The van der Waals surface area contributed by atoms with Crippen LogP contribution in [0, 0.1) is 0 Å². The van der Waals surface area contributed by atoms with Crippen molar-refractivity contribution in [2.24, 2.45) is 0 Å². The number of aromatic nitrogens is 1. The van der Waals surface area contributed by atoms with E-state index in [1.165, 1.54) is 44.5 Å². The topological polar surface area (TPSA) is 26.0 Å². The molecule has 1 spiro atoms. The Bertz CT molecular complexity index is 3070. The molecule has 2 heterocycles. The molecule has 2 aromatic heterocycles. The molecule has 2 aliphatic rings. The number of rotatable bonds is 2. The van der Waals surface area contributed by atoms with Gasteiger partial charge in [-0.15, -0.1) is 0 Å². The molecular formula is C50H29NO. The Morgan fingerprint density at radius 2 is 0.923 bits per heavy atom. The molecule has 52 heavy (non-hydrogen) atoms. The van der Waals surface area contributed by atoms with Crippen molar-refractivity contribution >= 4 is 43.6 Å². The van der Waals surface area contributed by atoms with Gasteiger partial charge in [0.15, 0.2) is 0 Å². The van der Waals surface area contributed by atoms with Gasteiger partial charge in [-0.05, 0) is 68.3 Å². The molecule has 10 aromatic rings. The summed E-state index contributed by atoms with van der Waals surface area (Å²) in [6.07, 6.45) is 0. The van der Waals surface area contributed by atoms with Gasteiger partial charge >= 0.3 is 0 Å². The zero-order chi connectivity index (χ0) is 34.0. The van der Waals surface area contributed by atoms with Crippen LogP contribution in [0.1, 0.15) is 22.3 Å². The predicted molar refractivity (Wildman–Crippen MR) is 214 cm³/mol. The molecule has 0 unspecified atom stereocenters. The Morgan fingerprint density at radius 3 is 1.65 bits per heavy atom. The summed E-state index contributed by atoms with van der Waals surface area (Å²) in [5.74, 6) is 0. The van der Waals surface area contributed by atoms with Gasteiger partial charge in [-0.3, -0.25) is 0 Å². The number of fused-ring (bicyclic) bond motifs is 17. The lowest BCUT2D eigenvalue weighted by atomic mass is 9.70. The lowest BCUT2D eigenvalue weighted by Gasteiger charge is -2.30. The summed E-state index contributed by atoms with van der Waals surface area (Å²) in [4.78, 5) is 5.18. The molecule has 2 aliphatic carbocycles. The summed E-state index contributed by atoms with van der Waals surface area (Å²) < 4.78 is 7.13. The molecule has 0 atom stereocenters. The fourth-order valence-corrected chi connectivity index (χ4v) is 9.60. The SMILES string of the molecule is c1ccc(-c2nc3ccccc3c3c2ccc2c4cccc(-c5ccc6c(c5)C5(c7ccccc7-c7ccccc75)c5ccccc5-6)c4oc23)cc1. The van der Waals surface area contributed by atoms with Crippen LogP contribution in [0.3, 0.4) is 0 Å². The van der Waals surface area contributed by atoms with Crippen LogP contribution in [-0.4, -0.2) is 4.98 Å². The molecule has 0 bridgehead atoms. The van der Waals surface area contributed by atoms with Gasteiger partial charge in [0.2, 0.25) is 0 Å². The molecule has 2 heteroatoms. The fraction of sp³-hybridized carbons (Fsp3) is 0.0200. The average Bonchev–Trinajstić information content (AvgIpc) is 3.85. The van der Waals surface area contributed by atoms with Crippen LogP contribution in [-0.2, 0) is 5.41 Å². The monoisotopic (exact) mass is 659 g/mol. The van der Waals surface area contributed by atoms with Gasteiger partial charge in [0.05, 0.1) is 16.6 Å². The van der Waals surface area contributed by atoms with Crippen LogP contribution in [0.4, 0.5) is 0 Å². The van der Waals surface area contributed by atoms with Gasteiger partial charge in [0.25, 0.3) is 0 Å². The maximum absolute atomic E-state index is 7.13. The zero-order valence-electron chi connectivity index (χ0n) is 28.1. The van der Waals surface area contributed by atoms with Crippen LogP contribution < -0.4 is 0 Å². The first-order valence-corrected chi connectivity index (χ1v) is 18.0. The highest BCUT2D eigenvalue weighted by atomic mass is 16.3. The molecule has 0 fully saturated rings. The summed E-state index contributed by atoms with van der Waals surface area (Å²) in [7, 11) is 0. The third-order valence-electron chi connectivity index (χ3n) is 11.7. The number of hydrogen-bond acceptors (Lipinski definition) is 2. The van der Waals surface area contributed by atoms with Gasteiger partial charge in [-0.2, -0.15) is 0 Å². The average molecular weight is 660 g/mol. The molecule has 0 saturated heterocycles.